The molecule has 0 atom stereocenters. The van der Waals surface area contributed by atoms with Gasteiger partial charge in [-0.1, -0.05) is 5.16 Å². The molecule has 1 N–H and O–H groups in total. The summed E-state index contributed by atoms with van der Waals surface area (Å²) in [6, 6.07) is 1.81. The van der Waals surface area contributed by atoms with Gasteiger partial charge in [-0.25, -0.2) is 0 Å². The summed E-state index contributed by atoms with van der Waals surface area (Å²) in [5.41, 5.74) is 0.890. The molecule has 0 amide bonds. The van der Waals surface area contributed by atoms with Crippen molar-refractivity contribution in [2.75, 3.05) is 33.0 Å². The number of ether oxygens (including phenoxy) is 2. The highest BCUT2D eigenvalue weighted by Gasteiger charge is 1.95. The SMILES string of the molecule is OCCOCCOCCc1ccon1. The van der Waals surface area contributed by atoms with Gasteiger partial charge in [-0.05, 0) is 0 Å². The second-order valence-electron chi connectivity index (χ2n) is 2.69. The van der Waals surface area contributed by atoms with Gasteiger partial charge in [0.2, 0.25) is 0 Å². The molecule has 1 heterocycles. The summed E-state index contributed by atoms with van der Waals surface area (Å²) in [6.45, 7) is 2.08. The zero-order valence-corrected chi connectivity index (χ0v) is 8.02. The van der Waals surface area contributed by atoms with Crippen molar-refractivity contribution in [3.8, 4) is 0 Å². The maximum Gasteiger partial charge on any atom is 0.124 e. The van der Waals surface area contributed by atoms with Crippen LogP contribution in [-0.4, -0.2) is 43.3 Å². The molecular formula is C9H15NO4. The van der Waals surface area contributed by atoms with Gasteiger partial charge < -0.3 is 19.1 Å². The number of aromatic nitrogens is 1. The van der Waals surface area contributed by atoms with E-state index in [1.54, 1.807) is 6.26 Å². The molecular weight excluding hydrogens is 186 g/mol. The third-order valence-electron chi connectivity index (χ3n) is 1.60. The standard InChI is InChI=1S/C9H15NO4/c11-3-6-13-8-7-12-4-1-9-2-5-14-10-9/h2,5,11H,1,3-4,6-8H2. The first-order chi connectivity index (χ1) is 6.93. The van der Waals surface area contributed by atoms with Crippen molar-refractivity contribution in [2.45, 2.75) is 6.42 Å². The maximum absolute atomic E-state index is 8.41. The molecule has 0 aliphatic rings. The number of hydrogen-bond acceptors (Lipinski definition) is 5. The van der Waals surface area contributed by atoms with Crippen molar-refractivity contribution < 1.29 is 19.1 Å². The van der Waals surface area contributed by atoms with Gasteiger partial charge >= 0.3 is 0 Å². The molecule has 0 radical (unpaired) electrons. The fourth-order valence-electron chi connectivity index (χ4n) is 0.930. The van der Waals surface area contributed by atoms with Gasteiger partial charge in [0.05, 0.1) is 38.7 Å². The minimum absolute atomic E-state index is 0.0545. The van der Waals surface area contributed by atoms with E-state index in [1.807, 2.05) is 6.07 Å². The van der Waals surface area contributed by atoms with E-state index in [-0.39, 0.29) is 6.61 Å². The Hall–Kier alpha value is -0.910. The van der Waals surface area contributed by atoms with Gasteiger partial charge in [0.15, 0.2) is 0 Å². The van der Waals surface area contributed by atoms with Crippen molar-refractivity contribution in [1.29, 1.82) is 0 Å². The lowest BCUT2D eigenvalue weighted by Crippen LogP contribution is -2.08. The molecule has 14 heavy (non-hydrogen) atoms. The van der Waals surface area contributed by atoms with E-state index in [9.17, 15) is 0 Å². The zero-order valence-electron chi connectivity index (χ0n) is 8.02. The van der Waals surface area contributed by atoms with Crippen LogP contribution in [0.5, 0.6) is 0 Å². The van der Waals surface area contributed by atoms with Gasteiger partial charge in [-0.3, -0.25) is 0 Å². The van der Waals surface area contributed by atoms with E-state index in [0.29, 0.717) is 26.4 Å². The minimum atomic E-state index is 0.0545. The molecule has 1 rings (SSSR count). The lowest BCUT2D eigenvalue weighted by molar-refractivity contribution is 0.0338. The second kappa shape index (κ2) is 7.49. The van der Waals surface area contributed by atoms with Crippen LogP contribution in [-0.2, 0) is 15.9 Å². The Balaban J connectivity index is 1.85. The predicted molar refractivity (Wildman–Crippen MR) is 48.9 cm³/mol. The third-order valence-corrected chi connectivity index (χ3v) is 1.60. The molecule has 0 fully saturated rings. The first-order valence-electron chi connectivity index (χ1n) is 4.59. The van der Waals surface area contributed by atoms with E-state index in [1.165, 1.54) is 0 Å². The van der Waals surface area contributed by atoms with Crippen molar-refractivity contribution in [2.24, 2.45) is 0 Å². The van der Waals surface area contributed by atoms with E-state index in [4.69, 9.17) is 14.6 Å². The molecule has 80 valence electrons. The van der Waals surface area contributed by atoms with Crippen LogP contribution in [0.2, 0.25) is 0 Å². The Labute approximate surface area is 82.6 Å². The fraction of sp³-hybridized carbons (Fsp3) is 0.667. The largest absolute Gasteiger partial charge is 0.394 e. The summed E-state index contributed by atoms with van der Waals surface area (Å²) in [4.78, 5) is 0. The first kappa shape index (κ1) is 11.2. The van der Waals surface area contributed by atoms with Crippen LogP contribution in [0.25, 0.3) is 0 Å². The summed E-state index contributed by atoms with van der Waals surface area (Å²) >= 11 is 0. The van der Waals surface area contributed by atoms with Crippen LogP contribution < -0.4 is 0 Å². The number of rotatable bonds is 8. The second-order valence-corrected chi connectivity index (χ2v) is 2.69. The van der Waals surface area contributed by atoms with Crippen molar-refractivity contribution in [1.82, 2.24) is 5.16 Å². The molecule has 1 aromatic heterocycles. The van der Waals surface area contributed by atoms with E-state index >= 15 is 0 Å². The van der Waals surface area contributed by atoms with E-state index in [2.05, 4.69) is 9.68 Å². The smallest absolute Gasteiger partial charge is 0.124 e. The molecule has 0 unspecified atom stereocenters. The highest BCUT2D eigenvalue weighted by molar-refractivity contribution is 4.94. The summed E-state index contributed by atoms with van der Waals surface area (Å²) in [5, 5.41) is 12.2. The highest BCUT2D eigenvalue weighted by atomic mass is 16.5. The Bertz CT molecular complexity index is 213. The topological polar surface area (TPSA) is 64.7 Å². The Morgan fingerprint density at radius 3 is 2.64 bits per heavy atom. The van der Waals surface area contributed by atoms with E-state index in [0.717, 1.165) is 12.1 Å². The Morgan fingerprint density at radius 2 is 2.00 bits per heavy atom. The number of aliphatic hydroxyl groups is 1. The van der Waals surface area contributed by atoms with Crippen LogP contribution in [0.15, 0.2) is 16.9 Å². The molecule has 0 aliphatic heterocycles. The normalized spacial score (nSPS) is 10.6. The quantitative estimate of drug-likeness (QED) is 0.610. The minimum Gasteiger partial charge on any atom is -0.394 e. The molecule has 0 aromatic carbocycles. The van der Waals surface area contributed by atoms with Gasteiger partial charge in [-0.15, -0.1) is 0 Å². The van der Waals surface area contributed by atoms with E-state index < -0.39 is 0 Å². The highest BCUT2D eigenvalue weighted by Crippen LogP contribution is 1.95. The summed E-state index contributed by atoms with van der Waals surface area (Å²) < 4.78 is 14.9. The lowest BCUT2D eigenvalue weighted by atomic mass is 10.3. The summed E-state index contributed by atoms with van der Waals surface area (Å²) in [6.07, 6.45) is 2.29. The predicted octanol–water partition coefficient (Wildman–Crippen LogP) is 0.243. The molecule has 0 saturated heterocycles. The number of hydrogen-bond donors (Lipinski definition) is 1. The van der Waals surface area contributed by atoms with Crippen LogP contribution >= 0.6 is 0 Å². The van der Waals surface area contributed by atoms with Crippen molar-refractivity contribution in [3.63, 3.8) is 0 Å². The average molecular weight is 201 g/mol. The maximum atomic E-state index is 8.41. The molecule has 0 saturated carbocycles. The monoisotopic (exact) mass is 201 g/mol. The van der Waals surface area contributed by atoms with Crippen LogP contribution in [0, 0.1) is 0 Å². The molecule has 0 aliphatic carbocycles. The summed E-state index contributed by atoms with van der Waals surface area (Å²) in [5.74, 6) is 0. The van der Waals surface area contributed by atoms with Crippen molar-refractivity contribution >= 4 is 0 Å². The van der Waals surface area contributed by atoms with Gasteiger partial charge in [0, 0.05) is 12.5 Å². The molecule has 5 heteroatoms. The molecule has 5 nitrogen and oxygen atoms in total. The fourth-order valence-corrected chi connectivity index (χ4v) is 0.930. The Kier molecular flexibility index (Phi) is 5.97. The first-order valence-corrected chi connectivity index (χ1v) is 4.59. The molecule has 0 bridgehead atoms. The van der Waals surface area contributed by atoms with Crippen LogP contribution in [0.1, 0.15) is 5.69 Å². The average Bonchev–Trinajstić information content (AvgIpc) is 2.69. The van der Waals surface area contributed by atoms with Crippen LogP contribution in [0.3, 0.4) is 0 Å². The summed E-state index contributed by atoms with van der Waals surface area (Å²) in [7, 11) is 0. The van der Waals surface area contributed by atoms with Gasteiger partial charge in [0.25, 0.3) is 0 Å². The Morgan fingerprint density at radius 1 is 1.21 bits per heavy atom. The zero-order chi connectivity index (χ0) is 10.1. The molecule has 0 spiro atoms. The van der Waals surface area contributed by atoms with Crippen LogP contribution in [0.4, 0.5) is 0 Å². The van der Waals surface area contributed by atoms with Gasteiger partial charge in [0.1, 0.15) is 6.26 Å². The molecule has 1 aromatic rings. The van der Waals surface area contributed by atoms with Gasteiger partial charge in [-0.2, -0.15) is 0 Å². The number of aliphatic hydroxyl groups excluding tert-OH is 1. The lowest BCUT2D eigenvalue weighted by Gasteiger charge is -2.03. The van der Waals surface area contributed by atoms with Crippen molar-refractivity contribution in [3.05, 3.63) is 18.0 Å². The third kappa shape index (κ3) is 4.96. The number of nitrogens with zero attached hydrogens (tertiary/aromatic N) is 1.